The van der Waals surface area contributed by atoms with Crippen LogP contribution in [0.3, 0.4) is 0 Å². The molecule has 1 aromatic carbocycles. The second-order valence-electron chi connectivity index (χ2n) is 2.12. The molecule has 0 fully saturated rings. The Morgan fingerprint density at radius 3 is 3.20 bits per heavy atom. The molecule has 1 aromatic heterocycles. The fraction of sp³-hybridized carbons (Fsp3) is 0. The van der Waals surface area contributed by atoms with Crippen molar-refractivity contribution in [3.05, 3.63) is 24.4 Å². The molecule has 0 aliphatic carbocycles. The summed E-state index contributed by atoms with van der Waals surface area (Å²) in [6.45, 7) is 0. The number of hydrogen-bond donors (Lipinski definition) is 1. The average Bonchev–Trinajstić information content (AvgIpc) is 2.33. The third-order valence-corrected chi connectivity index (χ3v) is 2.16. The summed E-state index contributed by atoms with van der Waals surface area (Å²) < 4.78 is 5.22. The number of rotatable bonds is 0. The Morgan fingerprint density at radius 1 is 1.40 bits per heavy atom. The van der Waals surface area contributed by atoms with E-state index in [4.69, 9.17) is 5.73 Å². The number of benzene rings is 1. The van der Waals surface area contributed by atoms with Gasteiger partial charge >= 0.3 is 0 Å². The van der Waals surface area contributed by atoms with Crippen LogP contribution in [0.4, 0.5) is 5.69 Å². The average molecular weight is 150 g/mol. The number of nitrogen functional groups attached to an aromatic ring is 1. The van der Waals surface area contributed by atoms with Gasteiger partial charge in [0, 0.05) is 17.3 Å². The Kier molecular flexibility index (Phi) is 1.11. The van der Waals surface area contributed by atoms with Crippen LogP contribution in [0.1, 0.15) is 0 Å². The molecule has 2 rings (SSSR count). The molecule has 2 aromatic rings. The molecule has 0 saturated heterocycles. The molecule has 0 spiro atoms. The first kappa shape index (κ1) is 5.68. The Labute approximate surface area is 62.5 Å². The smallest absolute Gasteiger partial charge is 0.0551 e. The fourth-order valence-electron chi connectivity index (χ4n) is 0.891. The van der Waals surface area contributed by atoms with Gasteiger partial charge in [-0.3, -0.25) is 0 Å². The molecule has 0 atom stereocenters. The molecule has 3 heteroatoms. The first-order valence-electron chi connectivity index (χ1n) is 2.96. The van der Waals surface area contributed by atoms with Gasteiger partial charge in [0.2, 0.25) is 0 Å². The van der Waals surface area contributed by atoms with Crippen molar-refractivity contribution in [1.29, 1.82) is 0 Å². The van der Waals surface area contributed by atoms with Crippen LogP contribution in [0.2, 0.25) is 0 Å². The summed E-state index contributed by atoms with van der Waals surface area (Å²) in [7, 11) is 0. The number of nitrogens with two attached hydrogens (primary N) is 1. The van der Waals surface area contributed by atoms with Crippen LogP contribution >= 0.6 is 11.5 Å². The lowest BCUT2D eigenvalue weighted by molar-refractivity contribution is 1.60. The Hall–Kier alpha value is -1.09. The first-order valence-corrected chi connectivity index (χ1v) is 3.73. The van der Waals surface area contributed by atoms with Crippen LogP contribution in [0, 0.1) is 0 Å². The van der Waals surface area contributed by atoms with Crippen LogP contribution < -0.4 is 5.73 Å². The normalized spacial score (nSPS) is 10.4. The monoisotopic (exact) mass is 150 g/mol. The van der Waals surface area contributed by atoms with Crippen molar-refractivity contribution in [3.8, 4) is 0 Å². The maximum absolute atomic E-state index is 5.56. The highest BCUT2D eigenvalue weighted by molar-refractivity contribution is 7.13. The Balaban J connectivity index is 2.86. The summed E-state index contributed by atoms with van der Waals surface area (Å²) in [6.07, 6.45) is 1.83. The van der Waals surface area contributed by atoms with Gasteiger partial charge in [-0.15, -0.1) is 0 Å². The van der Waals surface area contributed by atoms with E-state index in [0.717, 1.165) is 11.1 Å². The highest BCUT2D eigenvalue weighted by Crippen LogP contribution is 2.19. The maximum atomic E-state index is 5.56. The van der Waals surface area contributed by atoms with E-state index in [9.17, 15) is 0 Å². The lowest BCUT2D eigenvalue weighted by atomic mass is 10.2. The summed E-state index contributed by atoms with van der Waals surface area (Å²) >= 11 is 1.49. The molecule has 0 radical (unpaired) electrons. The first-order chi connectivity index (χ1) is 4.86. The van der Waals surface area contributed by atoms with E-state index in [2.05, 4.69) is 4.37 Å². The van der Waals surface area contributed by atoms with Crippen molar-refractivity contribution in [2.45, 2.75) is 0 Å². The molecule has 50 valence electrons. The lowest BCUT2D eigenvalue weighted by Crippen LogP contribution is -1.80. The third-order valence-electron chi connectivity index (χ3n) is 1.38. The molecule has 0 bridgehead atoms. The van der Waals surface area contributed by atoms with Crippen LogP contribution in [0.25, 0.3) is 10.1 Å². The number of aromatic nitrogens is 1. The predicted octanol–water partition coefficient (Wildman–Crippen LogP) is 1.88. The standard InChI is InChI=1S/C7H6N2S/c8-6-1-2-7-5(3-6)4-9-10-7/h1-4H,8H2. The van der Waals surface area contributed by atoms with Gasteiger partial charge in [0.1, 0.15) is 0 Å². The van der Waals surface area contributed by atoms with E-state index >= 15 is 0 Å². The summed E-state index contributed by atoms with van der Waals surface area (Å²) in [5.74, 6) is 0. The highest BCUT2D eigenvalue weighted by atomic mass is 32.1. The molecule has 2 nitrogen and oxygen atoms in total. The van der Waals surface area contributed by atoms with E-state index < -0.39 is 0 Å². The van der Waals surface area contributed by atoms with Gasteiger partial charge in [-0.05, 0) is 29.7 Å². The summed E-state index contributed by atoms with van der Waals surface area (Å²) in [6, 6.07) is 5.81. The SMILES string of the molecule is Nc1ccc2sncc2c1. The van der Waals surface area contributed by atoms with Gasteiger partial charge in [-0.1, -0.05) is 0 Å². The zero-order valence-corrected chi connectivity index (χ0v) is 6.06. The van der Waals surface area contributed by atoms with Crippen LogP contribution in [-0.4, -0.2) is 4.37 Å². The van der Waals surface area contributed by atoms with Gasteiger partial charge < -0.3 is 5.73 Å². The molecule has 0 saturated carbocycles. The van der Waals surface area contributed by atoms with Gasteiger partial charge in [-0.25, -0.2) is 0 Å². The minimum Gasteiger partial charge on any atom is -0.399 e. The van der Waals surface area contributed by atoms with Gasteiger partial charge in [-0.2, -0.15) is 4.37 Å². The Bertz CT molecular complexity index is 353. The van der Waals surface area contributed by atoms with E-state index in [1.54, 1.807) is 0 Å². The van der Waals surface area contributed by atoms with Crippen molar-refractivity contribution in [1.82, 2.24) is 4.37 Å². The number of anilines is 1. The van der Waals surface area contributed by atoms with Gasteiger partial charge in [0.05, 0.1) is 4.70 Å². The number of hydrogen-bond acceptors (Lipinski definition) is 3. The maximum Gasteiger partial charge on any atom is 0.0551 e. The summed E-state index contributed by atoms with van der Waals surface area (Å²) in [5, 5.41) is 1.13. The molecule has 2 N–H and O–H groups in total. The van der Waals surface area contributed by atoms with E-state index in [-0.39, 0.29) is 0 Å². The van der Waals surface area contributed by atoms with Gasteiger partial charge in [0.15, 0.2) is 0 Å². The third kappa shape index (κ3) is 0.752. The van der Waals surface area contributed by atoms with E-state index in [0.29, 0.717) is 0 Å². The van der Waals surface area contributed by atoms with Crippen LogP contribution in [-0.2, 0) is 0 Å². The number of fused-ring (bicyclic) bond motifs is 1. The molecular formula is C7H6N2S. The van der Waals surface area contributed by atoms with Crippen LogP contribution in [0.15, 0.2) is 24.4 Å². The largest absolute Gasteiger partial charge is 0.399 e. The van der Waals surface area contributed by atoms with Crippen molar-refractivity contribution in [3.63, 3.8) is 0 Å². The zero-order chi connectivity index (χ0) is 6.97. The molecule has 0 unspecified atom stereocenters. The predicted molar refractivity (Wildman–Crippen MR) is 44.0 cm³/mol. The topological polar surface area (TPSA) is 38.9 Å². The lowest BCUT2D eigenvalue weighted by Gasteiger charge is -1.89. The molecule has 0 amide bonds. The Morgan fingerprint density at radius 2 is 2.30 bits per heavy atom. The zero-order valence-electron chi connectivity index (χ0n) is 5.24. The second-order valence-corrected chi connectivity index (χ2v) is 2.96. The quantitative estimate of drug-likeness (QED) is 0.582. The van der Waals surface area contributed by atoms with Crippen molar-refractivity contribution in [2.75, 3.05) is 5.73 Å². The van der Waals surface area contributed by atoms with Crippen LogP contribution in [0.5, 0.6) is 0 Å². The molecule has 0 aliphatic rings. The van der Waals surface area contributed by atoms with E-state index in [1.165, 1.54) is 16.2 Å². The second kappa shape index (κ2) is 1.95. The minimum absolute atomic E-state index is 0.799. The molecule has 0 aliphatic heterocycles. The van der Waals surface area contributed by atoms with Gasteiger partial charge in [0.25, 0.3) is 0 Å². The summed E-state index contributed by atoms with van der Waals surface area (Å²) in [5.41, 5.74) is 6.36. The fourth-order valence-corrected chi connectivity index (χ4v) is 1.52. The van der Waals surface area contributed by atoms with Crippen molar-refractivity contribution in [2.24, 2.45) is 0 Å². The summed E-state index contributed by atoms with van der Waals surface area (Å²) in [4.78, 5) is 0. The number of nitrogens with zero attached hydrogens (tertiary/aromatic N) is 1. The van der Waals surface area contributed by atoms with Crippen molar-refractivity contribution >= 4 is 27.3 Å². The van der Waals surface area contributed by atoms with E-state index in [1.807, 2.05) is 24.4 Å². The van der Waals surface area contributed by atoms with Crippen molar-refractivity contribution < 1.29 is 0 Å². The highest BCUT2D eigenvalue weighted by Gasteiger charge is 1.93. The molecule has 10 heavy (non-hydrogen) atoms. The molecular weight excluding hydrogens is 144 g/mol. The molecule has 1 heterocycles. The minimum atomic E-state index is 0.799.